The Morgan fingerprint density at radius 1 is 1.37 bits per heavy atom. The lowest BCUT2D eigenvalue weighted by molar-refractivity contribution is 0.233. The van der Waals surface area contributed by atoms with Crippen LogP contribution in [0.5, 0.6) is 11.5 Å². The molecule has 106 valence electrons. The zero-order chi connectivity index (χ0) is 13.7. The van der Waals surface area contributed by atoms with Crippen LogP contribution in [0.3, 0.4) is 0 Å². The van der Waals surface area contributed by atoms with Gasteiger partial charge in [-0.1, -0.05) is 19.1 Å². The van der Waals surface area contributed by atoms with Crippen LogP contribution in [0, 0.1) is 5.92 Å². The third-order valence-electron chi connectivity index (χ3n) is 3.86. The third-order valence-corrected chi connectivity index (χ3v) is 3.86. The second-order valence-corrected chi connectivity index (χ2v) is 5.07. The predicted molar refractivity (Wildman–Crippen MR) is 76.7 cm³/mol. The van der Waals surface area contributed by atoms with Gasteiger partial charge < -0.3 is 20.1 Å². The molecule has 1 aliphatic heterocycles. The van der Waals surface area contributed by atoms with Gasteiger partial charge in [-0.2, -0.15) is 0 Å². The second kappa shape index (κ2) is 6.78. The summed E-state index contributed by atoms with van der Waals surface area (Å²) in [5.74, 6) is 2.07. The largest absolute Gasteiger partial charge is 0.493 e. The van der Waals surface area contributed by atoms with Gasteiger partial charge in [0.2, 0.25) is 0 Å². The highest BCUT2D eigenvalue weighted by atomic mass is 16.5. The summed E-state index contributed by atoms with van der Waals surface area (Å²) in [4.78, 5) is 2.44. The Morgan fingerprint density at radius 3 is 2.74 bits per heavy atom. The van der Waals surface area contributed by atoms with E-state index in [1.165, 1.54) is 6.42 Å². The molecule has 2 atom stereocenters. The molecule has 0 amide bonds. The van der Waals surface area contributed by atoms with Crippen LogP contribution < -0.4 is 15.2 Å². The molecular formula is C15H24N2O2. The first kappa shape index (κ1) is 14.2. The molecule has 0 spiro atoms. The average molecular weight is 264 g/mol. The molecule has 1 saturated heterocycles. The summed E-state index contributed by atoms with van der Waals surface area (Å²) in [6, 6.07) is 7.77. The fourth-order valence-corrected chi connectivity index (χ4v) is 2.56. The quantitative estimate of drug-likeness (QED) is 0.850. The van der Waals surface area contributed by atoms with Crippen molar-refractivity contribution in [3.8, 4) is 11.5 Å². The van der Waals surface area contributed by atoms with Crippen molar-refractivity contribution in [2.75, 3.05) is 33.4 Å². The Bertz CT molecular complexity index is 397. The van der Waals surface area contributed by atoms with Gasteiger partial charge in [-0.15, -0.1) is 0 Å². The summed E-state index contributed by atoms with van der Waals surface area (Å²) in [7, 11) is 1.65. The molecule has 1 aromatic carbocycles. The second-order valence-electron chi connectivity index (χ2n) is 5.07. The molecule has 4 nitrogen and oxygen atoms in total. The molecule has 0 aromatic heterocycles. The highest BCUT2D eigenvalue weighted by Gasteiger charge is 2.26. The molecule has 2 unspecified atom stereocenters. The highest BCUT2D eigenvalue weighted by molar-refractivity contribution is 5.39. The van der Waals surface area contributed by atoms with Crippen LogP contribution >= 0.6 is 0 Å². The van der Waals surface area contributed by atoms with Crippen molar-refractivity contribution >= 4 is 0 Å². The van der Waals surface area contributed by atoms with E-state index < -0.39 is 0 Å². The molecule has 2 N–H and O–H groups in total. The predicted octanol–water partition coefficient (Wildman–Crippen LogP) is 1.74. The van der Waals surface area contributed by atoms with Crippen molar-refractivity contribution in [2.24, 2.45) is 11.7 Å². The van der Waals surface area contributed by atoms with Gasteiger partial charge in [0.15, 0.2) is 11.5 Å². The zero-order valence-electron chi connectivity index (χ0n) is 11.8. The lowest BCUT2D eigenvalue weighted by Crippen LogP contribution is -2.37. The maximum Gasteiger partial charge on any atom is 0.161 e. The smallest absolute Gasteiger partial charge is 0.161 e. The molecule has 2 rings (SSSR count). The molecule has 4 heteroatoms. The van der Waals surface area contributed by atoms with Gasteiger partial charge in [-0.05, 0) is 37.6 Å². The van der Waals surface area contributed by atoms with E-state index in [-0.39, 0.29) is 6.04 Å². The molecule has 0 bridgehead atoms. The standard InChI is InChI=1S/C15H24N2O2/c1-3-17-9-8-12(10-17)13(16)11-19-15-7-5-4-6-14(15)18-2/h4-7,12-13H,3,8-11,16H2,1-2H3. The van der Waals surface area contributed by atoms with Crippen molar-refractivity contribution in [2.45, 2.75) is 19.4 Å². The summed E-state index contributed by atoms with van der Waals surface area (Å²) < 4.78 is 11.1. The van der Waals surface area contributed by atoms with Gasteiger partial charge in [0, 0.05) is 12.6 Å². The van der Waals surface area contributed by atoms with Crippen LogP contribution in [-0.2, 0) is 0 Å². The summed E-state index contributed by atoms with van der Waals surface area (Å²) >= 11 is 0. The fraction of sp³-hybridized carbons (Fsp3) is 0.600. The first-order valence-corrected chi connectivity index (χ1v) is 6.98. The highest BCUT2D eigenvalue weighted by Crippen LogP contribution is 2.26. The minimum absolute atomic E-state index is 0.0847. The first-order chi connectivity index (χ1) is 9.24. The fourth-order valence-electron chi connectivity index (χ4n) is 2.56. The Kier molecular flexibility index (Phi) is 5.05. The van der Waals surface area contributed by atoms with E-state index in [2.05, 4.69) is 11.8 Å². The van der Waals surface area contributed by atoms with Crippen LogP contribution in [0.25, 0.3) is 0 Å². The number of benzene rings is 1. The summed E-state index contributed by atoms with van der Waals surface area (Å²) in [5.41, 5.74) is 6.24. The monoisotopic (exact) mass is 264 g/mol. The van der Waals surface area contributed by atoms with Crippen molar-refractivity contribution in [3.05, 3.63) is 24.3 Å². The van der Waals surface area contributed by atoms with Gasteiger partial charge in [-0.25, -0.2) is 0 Å². The van der Waals surface area contributed by atoms with E-state index >= 15 is 0 Å². The number of para-hydroxylation sites is 2. The molecule has 0 aliphatic carbocycles. The van der Waals surface area contributed by atoms with Crippen LogP contribution in [0.15, 0.2) is 24.3 Å². The van der Waals surface area contributed by atoms with E-state index in [1.807, 2.05) is 24.3 Å². The number of rotatable bonds is 6. The number of nitrogens with two attached hydrogens (primary N) is 1. The Labute approximate surface area is 115 Å². The first-order valence-electron chi connectivity index (χ1n) is 6.98. The molecular weight excluding hydrogens is 240 g/mol. The van der Waals surface area contributed by atoms with Gasteiger partial charge in [0.25, 0.3) is 0 Å². The van der Waals surface area contributed by atoms with Crippen molar-refractivity contribution in [3.63, 3.8) is 0 Å². The van der Waals surface area contributed by atoms with E-state index in [9.17, 15) is 0 Å². The molecule has 1 aliphatic rings. The van der Waals surface area contributed by atoms with Gasteiger partial charge in [0.1, 0.15) is 6.61 Å². The van der Waals surface area contributed by atoms with Crippen molar-refractivity contribution in [1.29, 1.82) is 0 Å². The van der Waals surface area contributed by atoms with Crippen LogP contribution in [0.4, 0.5) is 0 Å². The van der Waals surface area contributed by atoms with Crippen LogP contribution in [0.1, 0.15) is 13.3 Å². The van der Waals surface area contributed by atoms with E-state index in [4.69, 9.17) is 15.2 Å². The number of hydrogen-bond acceptors (Lipinski definition) is 4. The lowest BCUT2D eigenvalue weighted by Gasteiger charge is -2.20. The molecule has 0 radical (unpaired) electrons. The maximum absolute atomic E-state index is 6.24. The van der Waals surface area contributed by atoms with Gasteiger partial charge in [0.05, 0.1) is 7.11 Å². The normalized spacial score (nSPS) is 21.3. The molecule has 19 heavy (non-hydrogen) atoms. The van der Waals surface area contributed by atoms with Gasteiger partial charge in [-0.3, -0.25) is 0 Å². The minimum Gasteiger partial charge on any atom is -0.493 e. The third kappa shape index (κ3) is 3.61. The summed E-state index contributed by atoms with van der Waals surface area (Å²) in [5, 5.41) is 0. The minimum atomic E-state index is 0.0847. The lowest BCUT2D eigenvalue weighted by atomic mass is 10.0. The molecule has 1 heterocycles. The number of likely N-dealkylation sites (tertiary alicyclic amines) is 1. The summed E-state index contributed by atoms with van der Waals surface area (Å²) in [6.45, 7) is 6.09. The Hall–Kier alpha value is -1.26. The van der Waals surface area contributed by atoms with E-state index in [0.29, 0.717) is 12.5 Å². The maximum atomic E-state index is 6.24. The zero-order valence-corrected chi connectivity index (χ0v) is 11.8. The molecule has 1 fully saturated rings. The number of hydrogen-bond donors (Lipinski definition) is 1. The number of ether oxygens (including phenoxy) is 2. The number of nitrogens with zero attached hydrogens (tertiary/aromatic N) is 1. The molecule has 0 saturated carbocycles. The Morgan fingerprint density at radius 2 is 2.11 bits per heavy atom. The Balaban J connectivity index is 1.85. The molecule has 1 aromatic rings. The average Bonchev–Trinajstić information content (AvgIpc) is 2.94. The van der Waals surface area contributed by atoms with E-state index in [0.717, 1.165) is 31.1 Å². The number of methoxy groups -OCH3 is 1. The van der Waals surface area contributed by atoms with Crippen molar-refractivity contribution < 1.29 is 9.47 Å². The van der Waals surface area contributed by atoms with Crippen LogP contribution in [0.2, 0.25) is 0 Å². The van der Waals surface area contributed by atoms with Crippen molar-refractivity contribution in [1.82, 2.24) is 4.90 Å². The van der Waals surface area contributed by atoms with E-state index in [1.54, 1.807) is 7.11 Å². The summed E-state index contributed by atoms with van der Waals surface area (Å²) in [6.07, 6.45) is 1.17. The topological polar surface area (TPSA) is 47.7 Å². The van der Waals surface area contributed by atoms with Gasteiger partial charge >= 0.3 is 0 Å². The SMILES string of the molecule is CCN1CCC(C(N)COc2ccccc2OC)C1. The van der Waals surface area contributed by atoms with Crippen LogP contribution in [-0.4, -0.2) is 44.3 Å².